The van der Waals surface area contributed by atoms with Crippen molar-refractivity contribution >= 4 is 5.97 Å². The average molecular weight is 292 g/mol. The molecule has 1 N–H and O–H groups in total. The fourth-order valence-corrected chi connectivity index (χ4v) is 2.90. The van der Waals surface area contributed by atoms with Gasteiger partial charge in [-0.1, -0.05) is 58.9 Å². The molecule has 0 saturated carbocycles. The highest BCUT2D eigenvalue weighted by molar-refractivity contribution is 5.76. The number of ether oxygens (including phenoxy) is 1. The van der Waals surface area contributed by atoms with Crippen molar-refractivity contribution in [2.75, 3.05) is 6.61 Å². The Morgan fingerprint density at radius 1 is 1.14 bits per heavy atom. The van der Waals surface area contributed by atoms with E-state index in [1.165, 1.54) is 5.56 Å². The third kappa shape index (κ3) is 5.16. The van der Waals surface area contributed by atoms with Gasteiger partial charge in [-0.15, -0.1) is 0 Å². The van der Waals surface area contributed by atoms with Crippen LogP contribution in [0.4, 0.5) is 0 Å². The fraction of sp³-hybridized carbons (Fsp3) is 0.611. The van der Waals surface area contributed by atoms with Gasteiger partial charge in [0.05, 0.1) is 6.61 Å². The summed E-state index contributed by atoms with van der Waals surface area (Å²) in [5.74, 6) is -0.598. The topological polar surface area (TPSA) is 46.5 Å². The van der Waals surface area contributed by atoms with Crippen molar-refractivity contribution in [1.82, 2.24) is 0 Å². The molecular formula is C18H28O3. The van der Waals surface area contributed by atoms with Crippen LogP contribution in [0.15, 0.2) is 24.3 Å². The molecule has 1 rings (SSSR count). The summed E-state index contributed by atoms with van der Waals surface area (Å²) in [7, 11) is 0. The third-order valence-corrected chi connectivity index (χ3v) is 3.49. The van der Waals surface area contributed by atoms with Gasteiger partial charge in [0.25, 0.3) is 0 Å². The standard InChI is InChI=1S/C18H28O3/c1-7-21-16(20)15(19)13-8-10-14(11-9-13)18(5,6)12-17(2,3)4/h8-11,15,19H,7,12H2,1-6H3. The van der Waals surface area contributed by atoms with Gasteiger partial charge in [-0.25, -0.2) is 4.79 Å². The van der Waals surface area contributed by atoms with Crippen molar-refractivity contribution in [3.63, 3.8) is 0 Å². The van der Waals surface area contributed by atoms with Crippen LogP contribution in [0.5, 0.6) is 0 Å². The van der Waals surface area contributed by atoms with Gasteiger partial charge in [0.15, 0.2) is 6.10 Å². The first kappa shape index (κ1) is 17.7. The minimum atomic E-state index is -1.20. The van der Waals surface area contributed by atoms with E-state index in [2.05, 4.69) is 34.6 Å². The summed E-state index contributed by atoms with van der Waals surface area (Å²) in [5.41, 5.74) is 2.07. The van der Waals surface area contributed by atoms with Gasteiger partial charge in [-0.3, -0.25) is 0 Å². The zero-order chi connectivity index (χ0) is 16.3. The third-order valence-electron chi connectivity index (χ3n) is 3.49. The van der Waals surface area contributed by atoms with Gasteiger partial charge in [0.1, 0.15) is 0 Å². The number of hydrogen-bond donors (Lipinski definition) is 1. The Morgan fingerprint density at radius 3 is 2.10 bits per heavy atom. The highest BCUT2D eigenvalue weighted by atomic mass is 16.5. The van der Waals surface area contributed by atoms with Crippen molar-refractivity contribution < 1.29 is 14.6 Å². The molecule has 0 bridgehead atoms. The van der Waals surface area contributed by atoms with Gasteiger partial charge in [-0.2, -0.15) is 0 Å². The lowest BCUT2D eigenvalue weighted by Crippen LogP contribution is -2.25. The van der Waals surface area contributed by atoms with Crippen LogP contribution < -0.4 is 0 Å². The van der Waals surface area contributed by atoms with E-state index in [1.807, 2.05) is 12.1 Å². The van der Waals surface area contributed by atoms with Crippen molar-refractivity contribution in [2.24, 2.45) is 5.41 Å². The van der Waals surface area contributed by atoms with Crippen LogP contribution in [0, 0.1) is 5.41 Å². The van der Waals surface area contributed by atoms with Gasteiger partial charge in [-0.05, 0) is 35.3 Å². The molecule has 0 aliphatic carbocycles. The van der Waals surface area contributed by atoms with Crippen LogP contribution in [-0.4, -0.2) is 17.7 Å². The Labute approximate surface area is 128 Å². The second-order valence-electron chi connectivity index (χ2n) is 7.40. The second-order valence-corrected chi connectivity index (χ2v) is 7.40. The Bertz CT molecular complexity index is 466. The molecule has 0 radical (unpaired) electrons. The number of benzene rings is 1. The van der Waals surface area contributed by atoms with Gasteiger partial charge in [0, 0.05) is 0 Å². The maximum absolute atomic E-state index is 11.5. The summed E-state index contributed by atoms with van der Waals surface area (Å²) >= 11 is 0. The number of rotatable bonds is 5. The molecular weight excluding hydrogens is 264 g/mol. The van der Waals surface area contributed by atoms with Crippen molar-refractivity contribution in [1.29, 1.82) is 0 Å². The average Bonchev–Trinajstić information content (AvgIpc) is 2.35. The molecule has 1 aromatic carbocycles. The van der Waals surface area contributed by atoms with Crippen LogP contribution in [-0.2, 0) is 14.9 Å². The monoisotopic (exact) mass is 292 g/mol. The summed E-state index contributed by atoms with van der Waals surface area (Å²) in [5, 5.41) is 9.93. The van der Waals surface area contributed by atoms with Crippen molar-refractivity contribution in [2.45, 2.75) is 59.5 Å². The first-order chi connectivity index (χ1) is 9.57. The van der Waals surface area contributed by atoms with Crippen LogP contribution in [0.1, 0.15) is 65.2 Å². The molecule has 0 saturated heterocycles. The fourth-order valence-electron chi connectivity index (χ4n) is 2.90. The number of esters is 1. The van der Waals surface area contributed by atoms with Gasteiger partial charge in [0.2, 0.25) is 0 Å². The maximum Gasteiger partial charge on any atom is 0.339 e. The Morgan fingerprint density at radius 2 is 1.67 bits per heavy atom. The molecule has 3 heteroatoms. The van der Waals surface area contributed by atoms with Crippen molar-refractivity contribution in [3.8, 4) is 0 Å². The van der Waals surface area contributed by atoms with E-state index in [-0.39, 0.29) is 17.4 Å². The summed E-state index contributed by atoms with van der Waals surface area (Å²) in [6.07, 6.45) is -0.149. The highest BCUT2D eigenvalue weighted by Crippen LogP contribution is 2.36. The molecule has 0 aromatic heterocycles. The number of carbonyl (C=O) groups is 1. The Balaban J connectivity index is 2.89. The molecule has 0 fully saturated rings. The van der Waals surface area contributed by atoms with Crippen LogP contribution >= 0.6 is 0 Å². The number of aliphatic hydroxyl groups excluding tert-OH is 1. The Hall–Kier alpha value is -1.35. The predicted octanol–water partition coefficient (Wildman–Crippen LogP) is 4.00. The molecule has 0 aliphatic rings. The largest absolute Gasteiger partial charge is 0.464 e. The quantitative estimate of drug-likeness (QED) is 0.834. The normalized spacial score (nSPS) is 13.9. The minimum absolute atomic E-state index is 0.0473. The van der Waals surface area contributed by atoms with Gasteiger partial charge < -0.3 is 9.84 Å². The summed E-state index contributed by atoms with van der Waals surface area (Å²) < 4.78 is 4.83. The van der Waals surface area contributed by atoms with Crippen LogP contribution in [0.3, 0.4) is 0 Å². The summed E-state index contributed by atoms with van der Waals surface area (Å²) in [4.78, 5) is 11.5. The highest BCUT2D eigenvalue weighted by Gasteiger charge is 2.27. The zero-order valence-electron chi connectivity index (χ0n) is 14.1. The SMILES string of the molecule is CCOC(=O)C(O)c1ccc(C(C)(C)CC(C)(C)C)cc1. The first-order valence-electron chi connectivity index (χ1n) is 7.52. The number of hydrogen-bond acceptors (Lipinski definition) is 3. The molecule has 1 aromatic rings. The van der Waals surface area contributed by atoms with E-state index in [1.54, 1.807) is 19.1 Å². The van der Waals surface area contributed by atoms with Crippen LogP contribution in [0.25, 0.3) is 0 Å². The second kappa shape index (κ2) is 6.61. The first-order valence-corrected chi connectivity index (χ1v) is 7.52. The van der Waals surface area contributed by atoms with E-state index < -0.39 is 12.1 Å². The lowest BCUT2D eigenvalue weighted by Gasteiger charge is -2.33. The van der Waals surface area contributed by atoms with Crippen molar-refractivity contribution in [3.05, 3.63) is 35.4 Å². The molecule has 1 atom stereocenters. The molecule has 0 amide bonds. The predicted molar refractivity (Wildman–Crippen MR) is 85.1 cm³/mol. The molecule has 0 aliphatic heterocycles. The number of aliphatic hydroxyl groups is 1. The molecule has 0 heterocycles. The molecule has 118 valence electrons. The molecule has 0 spiro atoms. The maximum atomic E-state index is 11.5. The van der Waals surface area contributed by atoms with Gasteiger partial charge >= 0.3 is 5.97 Å². The smallest absolute Gasteiger partial charge is 0.339 e. The van der Waals surface area contributed by atoms with E-state index in [0.717, 1.165) is 6.42 Å². The Kier molecular flexibility index (Phi) is 5.57. The molecule has 3 nitrogen and oxygen atoms in total. The summed E-state index contributed by atoms with van der Waals surface area (Å²) in [6.45, 7) is 13.1. The number of carbonyl (C=O) groups excluding carboxylic acids is 1. The summed E-state index contributed by atoms with van der Waals surface area (Å²) in [6, 6.07) is 7.59. The van der Waals surface area contributed by atoms with E-state index in [0.29, 0.717) is 5.56 Å². The minimum Gasteiger partial charge on any atom is -0.464 e. The lowest BCUT2D eigenvalue weighted by molar-refractivity contribution is -0.153. The zero-order valence-corrected chi connectivity index (χ0v) is 14.1. The van der Waals surface area contributed by atoms with Crippen LogP contribution in [0.2, 0.25) is 0 Å². The molecule has 21 heavy (non-hydrogen) atoms. The molecule has 1 unspecified atom stereocenters. The lowest BCUT2D eigenvalue weighted by atomic mass is 9.72. The van der Waals surface area contributed by atoms with E-state index >= 15 is 0 Å². The van der Waals surface area contributed by atoms with E-state index in [4.69, 9.17) is 4.74 Å². The van der Waals surface area contributed by atoms with E-state index in [9.17, 15) is 9.90 Å².